The van der Waals surface area contributed by atoms with Crippen LogP contribution < -0.4 is 16.0 Å². The van der Waals surface area contributed by atoms with E-state index in [4.69, 9.17) is 11.6 Å². The molecule has 3 aromatic rings. The summed E-state index contributed by atoms with van der Waals surface area (Å²) in [7, 11) is 0. The predicted molar refractivity (Wildman–Crippen MR) is 111 cm³/mol. The minimum Gasteiger partial charge on any atom is -0.365 e. The van der Waals surface area contributed by atoms with Gasteiger partial charge in [-0.05, 0) is 25.0 Å². The molecule has 0 atom stereocenters. The molecule has 1 aliphatic carbocycles. The highest BCUT2D eigenvalue weighted by Crippen LogP contribution is 2.28. The van der Waals surface area contributed by atoms with Crippen LogP contribution in [0.25, 0.3) is 16.9 Å². The third-order valence-corrected chi connectivity index (χ3v) is 4.95. The summed E-state index contributed by atoms with van der Waals surface area (Å²) in [6.07, 6.45) is 7.29. The van der Waals surface area contributed by atoms with Crippen molar-refractivity contribution in [3.63, 3.8) is 0 Å². The Bertz CT molecular complexity index is 1080. The summed E-state index contributed by atoms with van der Waals surface area (Å²) in [5, 5.41) is 9.26. The maximum Gasteiger partial charge on any atom is 0.253 e. The van der Waals surface area contributed by atoms with Gasteiger partial charge in [0.05, 0.1) is 22.5 Å². The summed E-state index contributed by atoms with van der Waals surface area (Å²) >= 11 is 6.39. The Hall–Kier alpha value is -3.13. The van der Waals surface area contributed by atoms with Crippen LogP contribution in [0.3, 0.4) is 0 Å². The summed E-state index contributed by atoms with van der Waals surface area (Å²) in [5.74, 6) is 0.403. The highest BCUT2D eigenvalue weighted by Gasteiger charge is 2.24. The second kappa shape index (κ2) is 8.08. The van der Waals surface area contributed by atoms with Crippen molar-refractivity contribution < 1.29 is 9.59 Å². The quantitative estimate of drug-likeness (QED) is 0.517. The molecule has 4 rings (SSSR count). The summed E-state index contributed by atoms with van der Waals surface area (Å²) in [5.41, 5.74) is 2.82. The molecule has 0 bridgehead atoms. The average Bonchev–Trinajstić information content (AvgIpc) is 3.39. The van der Waals surface area contributed by atoms with E-state index in [0.717, 1.165) is 24.1 Å². The number of hydrogen-bond acceptors (Lipinski definition) is 5. The highest BCUT2D eigenvalue weighted by atomic mass is 35.5. The number of aromatic nitrogens is 3. The number of amides is 2. The van der Waals surface area contributed by atoms with E-state index in [1.54, 1.807) is 24.5 Å². The second-order valence-electron chi connectivity index (χ2n) is 6.96. The molecule has 1 fully saturated rings. The van der Waals surface area contributed by atoms with Crippen LogP contribution in [0.15, 0.2) is 36.8 Å². The standard InChI is InChI=1S/C20H21ClN6O2/c1-12(28)22-6-7-23-18-19-25-11-17(27(19)9-8-24-18)13-2-5-15(16(21)10-13)20(29)26-14-3-4-14/h2,5,8-11,14H,3-4,6-7H2,1H3,(H,22,28)(H,23,24)(H,26,29). The average molecular weight is 413 g/mol. The van der Waals surface area contributed by atoms with Gasteiger partial charge < -0.3 is 16.0 Å². The molecule has 29 heavy (non-hydrogen) atoms. The lowest BCUT2D eigenvalue weighted by molar-refractivity contribution is -0.118. The largest absolute Gasteiger partial charge is 0.365 e. The molecule has 2 amide bonds. The Kier molecular flexibility index (Phi) is 5.35. The van der Waals surface area contributed by atoms with E-state index < -0.39 is 0 Å². The van der Waals surface area contributed by atoms with Gasteiger partial charge in [0.1, 0.15) is 0 Å². The van der Waals surface area contributed by atoms with Gasteiger partial charge >= 0.3 is 0 Å². The van der Waals surface area contributed by atoms with Crippen molar-refractivity contribution in [3.05, 3.63) is 47.4 Å². The van der Waals surface area contributed by atoms with E-state index in [0.29, 0.717) is 35.1 Å². The Morgan fingerprint density at radius 3 is 2.79 bits per heavy atom. The van der Waals surface area contributed by atoms with E-state index in [-0.39, 0.29) is 17.9 Å². The Morgan fingerprint density at radius 1 is 1.24 bits per heavy atom. The number of imidazole rings is 1. The van der Waals surface area contributed by atoms with Gasteiger partial charge in [-0.15, -0.1) is 0 Å². The number of carbonyl (C=O) groups excluding carboxylic acids is 2. The van der Waals surface area contributed by atoms with Gasteiger partial charge in [0, 0.05) is 44.0 Å². The van der Waals surface area contributed by atoms with E-state index in [9.17, 15) is 9.59 Å². The SMILES string of the molecule is CC(=O)NCCNc1nccn2c(-c3ccc(C(=O)NC4CC4)c(Cl)c3)cnc12. The molecular weight excluding hydrogens is 392 g/mol. The number of halogens is 1. The number of nitrogens with zero attached hydrogens (tertiary/aromatic N) is 3. The lowest BCUT2D eigenvalue weighted by Gasteiger charge is -2.09. The zero-order valence-corrected chi connectivity index (χ0v) is 16.7. The van der Waals surface area contributed by atoms with Crippen molar-refractivity contribution in [2.75, 3.05) is 18.4 Å². The van der Waals surface area contributed by atoms with Crippen LogP contribution in [0.1, 0.15) is 30.1 Å². The number of rotatable bonds is 7. The van der Waals surface area contributed by atoms with Gasteiger partial charge in [-0.1, -0.05) is 17.7 Å². The zero-order valence-electron chi connectivity index (χ0n) is 15.9. The molecule has 0 saturated heterocycles. The molecule has 8 nitrogen and oxygen atoms in total. The van der Waals surface area contributed by atoms with Crippen molar-refractivity contribution in [3.8, 4) is 11.3 Å². The van der Waals surface area contributed by atoms with Crippen LogP contribution in [-0.2, 0) is 4.79 Å². The normalized spacial score (nSPS) is 13.3. The number of hydrogen-bond donors (Lipinski definition) is 3. The van der Waals surface area contributed by atoms with Crippen LogP contribution in [0.4, 0.5) is 5.82 Å². The lowest BCUT2D eigenvalue weighted by atomic mass is 10.1. The number of anilines is 1. The molecule has 0 spiro atoms. The van der Waals surface area contributed by atoms with Crippen LogP contribution in [0.5, 0.6) is 0 Å². The minimum atomic E-state index is -0.142. The molecule has 0 radical (unpaired) electrons. The smallest absolute Gasteiger partial charge is 0.253 e. The molecular formula is C20H21ClN6O2. The van der Waals surface area contributed by atoms with Gasteiger partial charge in [0.15, 0.2) is 11.5 Å². The zero-order chi connectivity index (χ0) is 20.4. The molecule has 2 aromatic heterocycles. The summed E-state index contributed by atoms with van der Waals surface area (Å²) < 4.78 is 1.91. The summed E-state index contributed by atoms with van der Waals surface area (Å²) in [6, 6.07) is 5.65. The first-order valence-corrected chi connectivity index (χ1v) is 9.82. The number of carbonyl (C=O) groups is 2. The first kappa shape index (κ1) is 19.2. The number of benzene rings is 1. The van der Waals surface area contributed by atoms with Crippen LogP contribution in [0, 0.1) is 0 Å². The highest BCUT2D eigenvalue weighted by molar-refractivity contribution is 6.34. The van der Waals surface area contributed by atoms with E-state index in [1.807, 2.05) is 16.7 Å². The van der Waals surface area contributed by atoms with Crippen molar-refractivity contribution in [2.45, 2.75) is 25.8 Å². The Morgan fingerprint density at radius 2 is 2.07 bits per heavy atom. The van der Waals surface area contributed by atoms with Gasteiger partial charge in [-0.25, -0.2) is 9.97 Å². The Balaban J connectivity index is 1.56. The van der Waals surface area contributed by atoms with Crippen LogP contribution >= 0.6 is 11.6 Å². The van der Waals surface area contributed by atoms with Gasteiger partial charge in [0.2, 0.25) is 5.91 Å². The molecule has 0 unspecified atom stereocenters. The van der Waals surface area contributed by atoms with E-state index in [1.165, 1.54) is 6.92 Å². The fraction of sp³-hybridized carbons (Fsp3) is 0.300. The summed E-state index contributed by atoms with van der Waals surface area (Å²) in [6.45, 7) is 2.50. The van der Waals surface area contributed by atoms with Crippen LogP contribution in [0.2, 0.25) is 5.02 Å². The van der Waals surface area contributed by atoms with Crippen molar-refractivity contribution in [2.24, 2.45) is 0 Å². The molecule has 150 valence electrons. The van der Waals surface area contributed by atoms with Gasteiger partial charge in [-0.3, -0.25) is 14.0 Å². The minimum absolute atomic E-state index is 0.0767. The fourth-order valence-corrected chi connectivity index (χ4v) is 3.29. The molecule has 1 aromatic carbocycles. The monoisotopic (exact) mass is 412 g/mol. The third kappa shape index (κ3) is 4.32. The molecule has 9 heteroatoms. The maximum absolute atomic E-state index is 12.3. The summed E-state index contributed by atoms with van der Waals surface area (Å²) in [4.78, 5) is 32.1. The predicted octanol–water partition coefficient (Wildman–Crippen LogP) is 2.49. The maximum atomic E-state index is 12.3. The fourth-order valence-electron chi connectivity index (χ4n) is 3.03. The van der Waals surface area contributed by atoms with Crippen LogP contribution in [-0.4, -0.2) is 45.3 Å². The van der Waals surface area contributed by atoms with Crippen molar-refractivity contribution in [1.29, 1.82) is 0 Å². The molecule has 1 aliphatic rings. The third-order valence-electron chi connectivity index (χ3n) is 4.64. The van der Waals surface area contributed by atoms with Gasteiger partial charge in [-0.2, -0.15) is 0 Å². The van der Waals surface area contributed by atoms with E-state index >= 15 is 0 Å². The molecule has 3 N–H and O–H groups in total. The van der Waals surface area contributed by atoms with Gasteiger partial charge in [0.25, 0.3) is 5.91 Å². The van der Waals surface area contributed by atoms with Crippen molar-refractivity contribution in [1.82, 2.24) is 25.0 Å². The first-order chi connectivity index (χ1) is 14.0. The first-order valence-electron chi connectivity index (χ1n) is 9.44. The second-order valence-corrected chi connectivity index (χ2v) is 7.37. The molecule has 2 heterocycles. The Labute approximate surface area is 172 Å². The molecule has 0 aliphatic heterocycles. The lowest BCUT2D eigenvalue weighted by Crippen LogP contribution is -2.26. The number of nitrogens with one attached hydrogen (secondary N) is 3. The van der Waals surface area contributed by atoms with E-state index in [2.05, 4.69) is 25.9 Å². The number of fused-ring (bicyclic) bond motifs is 1. The van der Waals surface area contributed by atoms with Crippen molar-refractivity contribution >= 4 is 34.9 Å². The topological polar surface area (TPSA) is 100 Å². The molecule has 1 saturated carbocycles.